The summed E-state index contributed by atoms with van der Waals surface area (Å²) in [5.74, 6) is -3.16. The second kappa shape index (κ2) is 6.18. The fourth-order valence-corrected chi connectivity index (χ4v) is 1.57. The molecule has 0 fully saturated rings. The first-order chi connectivity index (χ1) is 10.3. The summed E-state index contributed by atoms with van der Waals surface area (Å²) in [6.45, 7) is -0.562. The van der Waals surface area contributed by atoms with Gasteiger partial charge in [0.05, 0.1) is 5.02 Å². The molecule has 0 radical (unpaired) electrons. The minimum absolute atomic E-state index is 0.0479. The van der Waals surface area contributed by atoms with Crippen molar-refractivity contribution in [2.24, 2.45) is 0 Å². The van der Waals surface area contributed by atoms with Crippen LogP contribution in [0.15, 0.2) is 18.2 Å². The lowest BCUT2D eigenvalue weighted by Gasteiger charge is -2.07. The Labute approximate surface area is 125 Å². The summed E-state index contributed by atoms with van der Waals surface area (Å²) in [6, 6.07) is 3.27. The highest BCUT2D eigenvalue weighted by molar-refractivity contribution is 6.32. The van der Waals surface area contributed by atoms with Crippen LogP contribution in [0.5, 0.6) is 5.75 Å². The van der Waals surface area contributed by atoms with E-state index in [1.807, 2.05) is 5.32 Å². The molecule has 0 bridgehead atoms. The Morgan fingerprint density at radius 3 is 2.68 bits per heavy atom. The van der Waals surface area contributed by atoms with Gasteiger partial charge in [0.15, 0.2) is 6.61 Å². The number of nitrogens with one attached hydrogen (secondary N) is 2. The molecule has 0 aliphatic rings. The summed E-state index contributed by atoms with van der Waals surface area (Å²) >= 11 is 5.68. The zero-order valence-corrected chi connectivity index (χ0v) is 11.3. The number of carbonyl (C=O) groups excluding carboxylic acids is 1. The van der Waals surface area contributed by atoms with Gasteiger partial charge < -0.3 is 9.72 Å². The lowest BCUT2D eigenvalue weighted by Crippen LogP contribution is -2.21. The van der Waals surface area contributed by atoms with Crippen LogP contribution in [0.25, 0.3) is 0 Å². The zero-order chi connectivity index (χ0) is 16.3. The van der Waals surface area contributed by atoms with Crippen molar-refractivity contribution in [1.82, 2.24) is 15.2 Å². The third-order valence-corrected chi connectivity index (χ3v) is 2.56. The fraction of sp³-hybridized carbons (Fsp3) is 0.182. The van der Waals surface area contributed by atoms with E-state index in [2.05, 4.69) is 10.2 Å². The van der Waals surface area contributed by atoms with Crippen LogP contribution in [-0.4, -0.2) is 27.7 Å². The number of benzene rings is 1. The third kappa shape index (κ3) is 4.07. The molecule has 11 heteroatoms. The largest absolute Gasteiger partial charge is 0.482 e. The maximum Gasteiger partial charge on any atom is 0.451 e. The Morgan fingerprint density at radius 2 is 2.09 bits per heavy atom. The van der Waals surface area contributed by atoms with Crippen LogP contribution in [-0.2, 0) is 11.0 Å². The lowest BCUT2D eigenvalue weighted by atomic mass is 10.3. The van der Waals surface area contributed by atoms with E-state index in [1.165, 1.54) is 6.07 Å². The van der Waals surface area contributed by atoms with E-state index in [-0.39, 0.29) is 10.8 Å². The predicted molar refractivity (Wildman–Crippen MR) is 66.9 cm³/mol. The number of nitrogens with zero attached hydrogens (tertiary/aromatic N) is 2. The SMILES string of the molecule is O=C(COc1ccc(F)cc1Cl)Nc1nnc(C(F)(F)F)[nH]1. The van der Waals surface area contributed by atoms with Gasteiger partial charge in [0.2, 0.25) is 11.8 Å². The number of hydrogen-bond donors (Lipinski definition) is 2. The molecule has 22 heavy (non-hydrogen) atoms. The highest BCUT2D eigenvalue weighted by Crippen LogP contribution is 2.26. The van der Waals surface area contributed by atoms with Crippen molar-refractivity contribution in [3.05, 3.63) is 34.9 Å². The van der Waals surface area contributed by atoms with Gasteiger partial charge >= 0.3 is 6.18 Å². The van der Waals surface area contributed by atoms with Crippen LogP contribution < -0.4 is 10.1 Å². The van der Waals surface area contributed by atoms with Crippen molar-refractivity contribution < 1.29 is 27.1 Å². The second-order valence-corrected chi connectivity index (χ2v) is 4.34. The number of aromatic nitrogens is 3. The average Bonchev–Trinajstić information content (AvgIpc) is 2.86. The molecule has 0 saturated carbocycles. The molecule has 0 saturated heterocycles. The highest BCUT2D eigenvalue weighted by Gasteiger charge is 2.35. The van der Waals surface area contributed by atoms with Gasteiger partial charge in [0, 0.05) is 0 Å². The van der Waals surface area contributed by atoms with Gasteiger partial charge in [-0.2, -0.15) is 13.2 Å². The number of amides is 1. The molecule has 1 amide bonds. The van der Waals surface area contributed by atoms with Crippen molar-refractivity contribution in [2.45, 2.75) is 6.18 Å². The summed E-state index contributed by atoms with van der Waals surface area (Å²) in [7, 11) is 0. The molecule has 2 N–H and O–H groups in total. The van der Waals surface area contributed by atoms with Crippen molar-refractivity contribution in [2.75, 3.05) is 11.9 Å². The quantitative estimate of drug-likeness (QED) is 0.840. The van der Waals surface area contributed by atoms with Gasteiger partial charge in [-0.15, -0.1) is 10.2 Å². The molecule has 1 aromatic heterocycles. The van der Waals surface area contributed by atoms with Crippen LogP contribution in [0.2, 0.25) is 5.02 Å². The summed E-state index contributed by atoms with van der Waals surface area (Å²) in [5, 5.41) is 7.93. The Balaban J connectivity index is 1.92. The van der Waals surface area contributed by atoms with Gasteiger partial charge in [-0.3, -0.25) is 10.1 Å². The minimum Gasteiger partial charge on any atom is -0.482 e. The smallest absolute Gasteiger partial charge is 0.451 e. The Kier molecular flexibility index (Phi) is 4.50. The Hall–Kier alpha value is -2.36. The summed E-state index contributed by atoms with van der Waals surface area (Å²) in [5.41, 5.74) is 0. The van der Waals surface area contributed by atoms with Crippen molar-refractivity contribution >= 4 is 23.5 Å². The van der Waals surface area contributed by atoms with E-state index in [0.29, 0.717) is 0 Å². The maximum atomic E-state index is 12.8. The standard InChI is InChI=1S/C11H7ClF4N4O2/c12-6-3-5(13)1-2-7(6)22-4-8(21)17-10-18-9(19-20-10)11(14,15)16/h1-3H,4H2,(H2,17,18,19,20,21). The first kappa shape index (κ1) is 16.0. The molecular weight excluding hydrogens is 332 g/mol. The molecule has 1 aromatic carbocycles. The molecule has 0 atom stereocenters. The van der Waals surface area contributed by atoms with E-state index in [9.17, 15) is 22.4 Å². The number of ether oxygens (including phenoxy) is 1. The van der Waals surface area contributed by atoms with E-state index in [1.54, 1.807) is 4.98 Å². The first-order valence-electron chi connectivity index (χ1n) is 5.63. The molecule has 0 aliphatic heterocycles. The van der Waals surface area contributed by atoms with Crippen LogP contribution in [0.4, 0.5) is 23.5 Å². The maximum absolute atomic E-state index is 12.8. The zero-order valence-electron chi connectivity index (χ0n) is 10.5. The summed E-state index contributed by atoms with van der Waals surface area (Å²) in [4.78, 5) is 13.3. The monoisotopic (exact) mass is 338 g/mol. The normalized spacial score (nSPS) is 11.3. The molecule has 0 unspecified atom stereocenters. The van der Waals surface area contributed by atoms with Gasteiger partial charge in [-0.1, -0.05) is 11.6 Å². The van der Waals surface area contributed by atoms with E-state index in [4.69, 9.17) is 16.3 Å². The Bertz CT molecular complexity index is 689. The molecule has 0 spiro atoms. The number of carbonyl (C=O) groups is 1. The first-order valence-corrected chi connectivity index (χ1v) is 6.01. The fourth-order valence-electron chi connectivity index (χ4n) is 1.35. The van der Waals surface area contributed by atoms with Crippen molar-refractivity contribution in [1.29, 1.82) is 0 Å². The number of halogens is 5. The summed E-state index contributed by atoms with van der Waals surface area (Å²) in [6.07, 6.45) is -4.70. The van der Waals surface area contributed by atoms with Crippen LogP contribution >= 0.6 is 11.6 Å². The van der Waals surface area contributed by atoms with Crippen LogP contribution in [0, 0.1) is 5.82 Å². The number of alkyl halides is 3. The molecule has 6 nitrogen and oxygen atoms in total. The van der Waals surface area contributed by atoms with E-state index in [0.717, 1.165) is 12.1 Å². The van der Waals surface area contributed by atoms with E-state index < -0.39 is 36.3 Å². The number of rotatable bonds is 4. The third-order valence-electron chi connectivity index (χ3n) is 2.27. The number of H-pyrrole nitrogens is 1. The molecule has 2 aromatic rings. The van der Waals surface area contributed by atoms with Crippen molar-refractivity contribution in [3.8, 4) is 5.75 Å². The van der Waals surface area contributed by atoms with E-state index >= 15 is 0 Å². The predicted octanol–water partition coefficient (Wildman–Crippen LogP) is 2.63. The average molecular weight is 339 g/mol. The molecule has 0 aliphatic carbocycles. The highest BCUT2D eigenvalue weighted by atomic mass is 35.5. The molecule has 2 rings (SSSR count). The van der Waals surface area contributed by atoms with Gasteiger partial charge in [-0.05, 0) is 18.2 Å². The molecule has 1 heterocycles. The van der Waals surface area contributed by atoms with Crippen LogP contribution in [0.1, 0.15) is 5.82 Å². The number of anilines is 1. The Morgan fingerprint density at radius 1 is 1.36 bits per heavy atom. The van der Waals surface area contributed by atoms with Gasteiger partial charge in [-0.25, -0.2) is 4.39 Å². The van der Waals surface area contributed by atoms with Crippen molar-refractivity contribution in [3.63, 3.8) is 0 Å². The molecule has 118 valence electrons. The summed E-state index contributed by atoms with van der Waals surface area (Å²) < 4.78 is 54.6. The molecular formula is C11H7ClF4N4O2. The van der Waals surface area contributed by atoms with Gasteiger partial charge in [0.1, 0.15) is 11.6 Å². The lowest BCUT2D eigenvalue weighted by molar-refractivity contribution is -0.144. The van der Waals surface area contributed by atoms with Gasteiger partial charge in [0.25, 0.3) is 5.91 Å². The topological polar surface area (TPSA) is 79.9 Å². The minimum atomic E-state index is -4.70. The number of hydrogen-bond acceptors (Lipinski definition) is 4. The van der Waals surface area contributed by atoms with Crippen LogP contribution in [0.3, 0.4) is 0 Å². The number of aromatic amines is 1. The second-order valence-electron chi connectivity index (χ2n) is 3.93.